The van der Waals surface area contributed by atoms with Gasteiger partial charge < -0.3 is 10.2 Å². The van der Waals surface area contributed by atoms with Gasteiger partial charge in [-0.25, -0.2) is 0 Å². The molecule has 2 aromatic heterocycles. The molecule has 2 saturated heterocycles. The van der Waals surface area contributed by atoms with Crippen molar-refractivity contribution in [2.75, 3.05) is 24.5 Å². The van der Waals surface area contributed by atoms with E-state index in [4.69, 9.17) is 0 Å². The summed E-state index contributed by atoms with van der Waals surface area (Å²) in [4.78, 5) is 6.56. The normalized spacial score (nSPS) is 27.7. The van der Waals surface area contributed by atoms with Crippen LogP contribution < -0.4 is 10.2 Å². The predicted molar refractivity (Wildman–Crippen MR) is 65.3 cm³/mol. The summed E-state index contributed by atoms with van der Waals surface area (Å²) in [5, 5.41) is 15.3. The van der Waals surface area contributed by atoms with Crippen molar-refractivity contribution < 1.29 is 0 Å². The third-order valence-electron chi connectivity index (χ3n) is 4.01. The van der Waals surface area contributed by atoms with Crippen molar-refractivity contribution in [3.8, 4) is 0 Å². The number of aromatic nitrogens is 5. The summed E-state index contributed by atoms with van der Waals surface area (Å²) < 4.78 is 1.77. The van der Waals surface area contributed by atoms with Crippen LogP contribution in [0.2, 0.25) is 0 Å². The standard InChI is InChI=1S/C11H15N7/c1-2-8-6-17(7-9(8)13-3-1)11-5-12-4-10-14-15-16-18(10)11/h4-5,8-9,13H,1-3,6-7H2. The first-order valence-corrected chi connectivity index (χ1v) is 6.42. The molecule has 7 heteroatoms. The van der Waals surface area contributed by atoms with Crippen LogP contribution in [-0.4, -0.2) is 50.7 Å². The van der Waals surface area contributed by atoms with E-state index >= 15 is 0 Å². The highest BCUT2D eigenvalue weighted by Gasteiger charge is 2.35. The SMILES string of the molecule is c1ncc2nnnn2c1N1CC2CCCNC2C1. The van der Waals surface area contributed by atoms with Gasteiger partial charge in [0.05, 0.1) is 12.4 Å². The molecule has 0 bridgehead atoms. The van der Waals surface area contributed by atoms with Gasteiger partial charge in [-0.2, -0.15) is 4.52 Å². The van der Waals surface area contributed by atoms with E-state index in [9.17, 15) is 0 Å². The number of anilines is 1. The van der Waals surface area contributed by atoms with Gasteiger partial charge in [0.1, 0.15) is 0 Å². The molecule has 4 rings (SSSR count). The second-order valence-electron chi connectivity index (χ2n) is 5.08. The first kappa shape index (κ1) is 10.2. The molecule has 7 nitrogen and oxygen atoms in total. The highest BCUT2D eigenvalue weighted by molar-refractivity contribution is 5.47. The maximum Gasteiger partial charge on any atom is 0.199 e. The summed E-state index contributed by atoms with van der Waals surface area (Å²) in [7, 11) is 0. The lowest BCUT2D eigenvalue weighted by Crippen LogP contribution is -2.40. The summed E-state index contributed by atoms with van der Waals surface area (Å²) >= 11 is 0. The van der Waals surface area contributed by atoms with Crippen LogP contribution in [-0.2, 0) is 0 Å². The van der Waals surface area contributed by atoms with Gasteiger partial charge in [0.2, 0.25) is 0 Å². The van der Waals surface area contributed by atoms with Crippen LogP contribution in [0.15, 0.2) is 12.4 Å². The number of hydrogen-bond acceptors (Lipinski definition) is 6. The molecule has 2 aliphatic rings. The third kappa shape index (κ3) is 1.47. The van der Waals surface area contributed by atoms with E-state index in [0.29, 0.717) is 11.7 Å². The molecule has 94 valence electrons. The molecule has 0 radical (unpaired) electrons. The Morgan fingerprint density at radius 1 is 1.28 bits per heavy atom. The van der Waals surface area contributed by atoms with Crippen molar-refractivity contribution in [2.24, 2.45) is 5.92 Å². The lowest BCUT2D eigenvalue weighted by atomic mass is 9.94. The number of rotatable bonds is 1. The van der Waals surface area contributed by atoms with Crippen LogP contribution in [0.1, 0.15) is 12.8 Å². The summed E-state index contributed by atoms with van der Waals surface area (Å²) in [6, 6.07) is 0.602. The predicted octanol–water partition coefficient (Wildman–Crippen LogP) is -0.293. The second-order valence-corrected chi connectivity index (χ2v) is 5.08. The van der Waals surface area contributed by atoms with Crippen LogP contribution in [0.5, 0.6) is 0 Å². The van der Waals surface area contributed by atoms with Crippen LogP contribution in [0, 0.1) is 5.92 Å². The minimum atomic E-state index is 0.602. The Morgan fingerprint density at radius 2 is 2.28 bits per heavy atom. The summed E-state index contributed by atoms with van der Waals surface area (Å²) in [5.41, 5.74) is 0.704. The second kappa shape index (κ2) is 3.88. The van der Waals surface area contributed by atoms with Gasteiger partial charge in [-0.3, -0.25) is 4.98 Å². The van der Waals surface area contributed by atoms with E-state index in [1.54, 1.807) is 10.7 Å². The maximum absolute atomic E-state index is 4.22. The molecule has 0 aromatic carbocycles. The first-order chi connectivity index (χ1) is 8.92. The monoisotopic (exact) mass is 245 g/mol. The average molecular weight is 245 g/mol. The number of piperidine rings is 1. The van der Waals surface area contributed by atoms with E-state index in [-0.39, 0.29) is 0 Å². The van der Waals surface area contributed by atoms with Crippen molar-refractivity contribution in [1.29, 1.82) is 0 Å². The largest absolute Gasteiger partial charge is 0.353 e. The molecule has 0 aliphatic carbocycles. The number of nitrogens with zero attached hydrogens (tertiary/aromatic N) is 6. The fourth-order valence-corrected chi connectivity index (χ4v) is 3.11. The van der Waals surface area contributed by atoms with E-state index in [0.717, 1.165) is 31.4 Å². The van der Waals surface area contributed by atoms with Crippen LogP contribution in [0.25, 0.3) is 5.65 Å². The average Bonchev–Trinajstić information content (AvgIpc) is 3.04. The third-order valence-corrected chi connectivity index (χ3v) is 4.01. The highest BCUT2D eigenvalue weighted by atomic mass is 15.5. The van der Waals surface area contributed by atoms with Gasteiger partial charge in [-0.1, -0.05) is 0 Å². The number of tetrazole rings is 1. The smallest absolute Gasteiger partial charge is 0.199 e. The molecule has 2 aliphatic heterocycles. The lowest BCUT2D eigenvalue weighted by Gasteiger charge is -2.24. The lowest BCUT2D eigenvalue weighted by molar-refractivity contribution is 0.340. The van der Waals surface area contributed by atoms with Crippen LogP contribution >= 0.6 is 0 Å². The Kier molecular flexibility index (Phi) is 2.19. The molecule has 2 fully saturated rings. The maximum atomic E-state index is 4.22. The Morgan fingerprint density at radius 3 is 3.22 bits per heavy atom. The summed E-state index contributed by atoms with van der Waals surface area (Å²) in [5.74, 6) is 1.74. The van der Waals surface area contributed by atoms with Crippen molar-refractivity contribution in [3.63, 3.8) is 0 Å². The van der Waals surface area contributed by atoms with E-state index in [2.05, 4.69) is 30.7 Å². The Balaban J connectivity index is 1.69. The molecular formula is C11H15N7. The molecule has 0 amide bonds. The molecule has 18 heavy (non-hydrogen) atoms. The zero-order chi connectivity index (χ0) is 11.9. The summed E-state index contributed by atoms with van der Waals surface area (Å²) in [6.45, 7) is 3.23. The van der Waals surface area contributed by atoms with Crippen molar-refractivity contribution in [3.05, 3.63) is 12.4 Å². The van der Waals surface area contributed by atoms with Crippen LogP contribution in [0.4, 0.5) is 5.82 Å². The molecule has 0 saturated carbocycles. The quantitative estimate of drug-likeness (QED) is 0.744. The van der Waals surface area contributed by atoms with E-state index in [1.807, 2.05) is 6.20 Å². The van der Waals surface area contributed by atoms with Gasteiger partial charge in [0, 0.05) is 19.1 Å². The Hall–Kier alpha value is -1.76. The molecule has 2 aromatic rings. The highest BCUT2D eigenvalue weighted by Crippen LogP contribution is 2.28. The molecule has 1 N–H and O–H groups in total. The Labute approximate surface area is 104 Å². The number of nitrogens with one attached hydrogen (secondary N) is 1. The zero-order valence-corrected chi connectivity index (χ0v) is 10.0. The van der Waals surface area contributed by atoms with Gasteiger partial charge >= 0.3 is 0 Å². The molecular weight excluding hydrogens is 230 g/mol. The van der Waals surface area contributed by atoms with Crippen molar-refractivity contribution in [1.82, 2.24) is 30.3 Å². The molecule has 2 atom stereocenters. The van der Waals surface area contributed by atoms with E-state index in [1.165, 1.54) is 12.8 Å². The van der Waals surface area contributed by atoms with Gasteiger partial charge in [0.15, 0.2) is 11.5 Å². The minimum Gasteiger partial charge on any atom is -0.353 e. The van der Waals surface area contributed by atoms with Crippen molar-refractivity contribution >= 4 is 11.5 Å². The fraction of sp³-hybridized carbons (Fsp3) is 0.636. The molecule has 4 heterocycles. The molecule has 2 unspecified atom stereocenters. The molecule has 0 spiro atoms. The van der Waals surface area contributed by atoms with Gasteiger partial charge in [-0.05, 0) is 35.7 Å². The first-order valence-electron chi connectivity index (χ1n) is 6.42. The van der Waals surface area contributed by atoms with E-state index < -0.39 is 0 Å². The van der Waals surface area contributed by atoms with Gasteiger partial charge in [0.25, 0.3) is 0 Å². The number of hydrogen-bond donors (Lipinski definition) is 1. The Bertz CT molecular complexity index is 551. The minimum absolute atomic E-state index is 0.602. The number of fused-ring (bicyclic) bond motifs is 2. The fourth-order valence-electron chi connectivity index (χ4n) is 3.11. The summed E-state index contributed by atoms with van der Waals surface area (Å²) in [6.07, 6.45) is 6.13. The topological polar surface area (TPSA) is 71.2 Å². The van der Waals surface area contributed by atoms with Gasteiger partial charge in [-0.15, -0.1) is 5.10 Å². The zero-order valence-electron chi connectivity index (χ0n) is 10.0. The van der Waals surface area contributed by atoms with Crippen molar-refractivity contribution in [2.45, 2.75) is 18.9 Å². The van der Waals surface area contributed by atoms with Crippen LogP contribution in [0.3, 0.4) is 0 Å².